The maximum absolute atomic E-state index is 11.5. The van der Waals surface area contributed by atoms with Crippen molar-refractivity contribution in [1.82, 2.24) is 9.78 Å². The van der Waals surface area contributed by atoms with Crippen LogP contribution in [-0.4, -0.2) is 16.1 Å². The van der Waals surface area contributed by atoms with E-state index in [1.54, 1.807) is 0 Å². The summed E-state index contributed by atoms with van der Waals surface area (Å²) in [7, 11) is 0. The van der Waals surface area contributed by atoms with Gasteiger partial charge in [0.2, 0.25) is 0 Å². The molecule has 28 heavy (non-hydrogen) atoms. The molecule has 144 valence electrons. The lowest BCUT2D eigenvalue weighted by atomic mass is 9.95. The number of nitrogens with zero attached hydrogens (tertiary/aromatic N) is 2. The van der Waals surface area contributed by atoms with E-state index in [-0.39, 0.29) is 0 Å². The lowest BCUT2D eigenvalue weighted by Gasteiger charge is -2.24. The Kier molecular flexibility index (Phi) is 5.91. The zero-order valence-corrected chi connectivity index (χ0v) is 17.3. The van der Waals surface area contributed by atoms with Gasteiger partial charge in [0.15, 0.2) is 6.29 Å². The zero-order valence-electron chi connectivity index (χ0n) is 15.7. The predicted octanol–water partition coefficient (Wildman–Crippen LogP) is 6.21. The lowest BCUT2D eigenvalue weighted by Crippen LogP contribution is -2.15. The minimum atomic E-state index is 0.350. The van der Waals surface area contributed by atoms with Gasteiger partial charge in [0, 0.05) is 5.56 Å². The summed E-state index contributed by atoms with van der Waals surface area (Å²) in [6.45, 7) is 0.541. The molecule has 0 aliphatic heterocycles. The van der Waals surface area contributed by atoms with Crippen LogP contribution in [0.5, 0.6) is 5.75 Å². The molecule has 1 heterocycles. The Hall–Kier alpha value is -2.40. The van der Waals surface area contributed by atoms with E-state index in [1.807, 2.05) is 47.1 Å². The summed E-state index contributed by atoms with van der Waals surface area (Å²) in [5, 5.41) is 4.60. The van der Waals surface area contributed by atoms with Gasteiger partial charge in [-0.05, 0) is 58.6 Å². The Bertz CT molecular complexity index is 929. The molecule has 4 rings (SSSR count). The van der Waals surface area contributed by atoms with Crippen LogP contribution >= 0.6 is 15.9 Å². The smallest absolute Gasteiger partial charge is 0.171 e. The van der Waals surface area contributed by atoms with E-state index in [0.717, 1.165) is 46.2 Å². The van der Waals surface area contributed by atoms with Gasteiger partial charge in [0.25, 0.3) is 0 Å². The number of ether oxygens (including phenoxy) is 1. The van der Waals surface area contributed by atoms with Crippen LogP contribution in [-0.2, 0) is 6.61 Å². The van der Waals surface area contributed by atoms with Crippen molar-refractivity contribution in [3.05, 3.63) is 70.3 Å². The van der Waals surface area contributed by atoms with E-state index in [2.05, 4.69) is 33.2 Å². The number of hydrogen-bond donors (Lipinski definition) is 0. The highest BCUT2D eigenvalue weighted by Crippen LogP contribution is 2.37. The molecule has 0 saturated heterocycles. The highest BCUT2D eigenvalue weighted by Gasteiger charge is 2.24. The van der Waals surface area contributed by atoms with Crippen molar-refractivity contribution in [2.45, 2.75) is 44.8 Å². The second kappa shape index (κ2) is 8.74. The largest absolute Gasteiger partial charge is 0.489 e. The second-order valence-corrected chi connectivity index (χ2v) is 7.99. The Morgan fingerprint density at radius 2 is 1.75 bits per heavy atom. The monoisotopic (exact) mass is 438 g/mol. The molecule has 0 atom stereocenters. The second-order valence-electron chi connectivity index (χ2n) is 7.20. The third-order valence-electron chi connectivity index (χ3n) is 5.29. The topological polar surface area (TPSA) is 44.1 Å². The van der Waals surface area contributed by atoms with Crippen molar-refractivity contribution in [3.63, 3.8) is 0 Å². The Morgan fingerprint density at radius 1 is 1.04 bits per heavy atom. The Labute approximate surface area is 173 Å². The van der Waals surface area contributed by atoms with Crippen molar-refractivity contribution in [2.75, 3.05) is 0 Å². The summed E-state index contributed by atoms with van der Waals surface area (Å²) in [5.74, 6) is 0.822. The first-order valence-corrected chi connectivity index (χ1v) is 10.6. The lowest BCUT2D eigenvalue weighted by molar-refractivity contribution is 0.111. The number of aromatic nitrogens is 2. The van der Waals surface area contributed by atoms with E-state index in [9.17, 15) is 4.79 Å². The minimum Gasteiger partial charge on any atom is -0.489 e. The van der Waals surface area contributed by atoms with E-state index in [1.165, 1.54) is 19.3 Å². The van der Waals surface area contributed by atoms with Gasteiger partial charge in [-0.25, -0.2) is 0 Å². The van der Waals surface area contributed by atoms with Crippen LogP contribution in [0.15, 0.2) is 59.1 Å². The molecule has 0 bridgehead atoms. The predicted molar refractivity (Wildman–Crippen MR) is 114 cm³/mol. The van der Waals surface area contributed by atoms with Crippen LogP contribution in [0.3, 0.4) is 0 Å². The molecule has 1 aliphatic carbocycles. The molecule has 1 fully saturated rings. The normalized spacial score (nSPS) is 14.8. The SMILES string of the molecule is O=Cc1nn(C2CCCCC2)c(-c2ccc(OCc3ccccc3)cc2)c1Br. The van der Waals surface area contributed by atoms with Crippen LogP contribution in [0.1, 0.15) is 54.2 Å². The Morgan fingerprint density at radius 3 is 2.43 bits per heavy atom. The van der Waals surface area contributed by atoms with Gasteiger partial charge in [-0.3, -0.25) is 9.48 Å². The van der Waals surface area contributed by atoms with Gasteiger partial charge in [-0.2, -0.15) is 5.10 Å². The molecule has 0 amide bonds. The highest BCUT2D eigenvalue weighted by atomic mass is 79.9. The van der Waals surface area contributed by atoms with Crippen molar-refractivity contribution >= 4 is 22.2 Å². The molecule has 5 heteroatoms. The summed E-state index contributed by atoms with van der Waals surface area (Å²) < 4.78 is 8.71. The summed E-state index contributed by atoms with van der Waals surface area (Å²) in [6.07, 6.45) is 6.75. The van der Waals surface area contributed by atoms with Crippen LogP contribution in [0.25, 0.3) is 11.3 Å². The molecule has 1 aromatic heterocycles. The first-order chi connectivity index (χ1) is 13.8. The fourth-order valence-corrected chi connectivity index (χ4v) is 4.39. The first-order valence-electron chi connectivity index (χ1n) is 9.76. The van der Waals surface area contributed by atoms with Gasteiger partial charge in [-0.1, -0.05) is 49.6 Å². The van der Waals surface area contributed by atoms with Crippen molar-refractivity contribution < 1.29 is 9.53 Å². The number of hydrogen-bond acceptors (Lipinski definition) is 3. The fourth-order valence-electron chi connectivity index (χ4n) is 3.81. The summed E-state index contributed by atoms with van der Waals surface area (Å²) >= 11 is 3.60. The summed E-state index contributed by atoms with van der Waals surface area (Å²) in [5.41, 5.74) is 3.61. The number of benzene rings is 2. The fraction of sp³-hybridized carbons (Fsp3) is 0.304. The molecule has 4 nitrogen and oxygen atoms in total. The van der Waals surface area contributed by atoms with E-state index < -0.39 is 0 Å². The van der Waals surface area contributed by atoms with Crippen molar-refractivity contribution in [1.29, 1.82) is 0 Å². The number of halogens is 1. The van der Waals surface area contributed by atoms with Gasteiger partial charge < -0.3 is 4.74 Å². The molecular weight excluding hydrogens is 416 g/mol. The van der Waals surface area contributed by atoms with Gasteiger partial charge >= 0.3 is 0 Å². The Balaban J connectivity index is 1.58. The first kappa shape index (κ1) is 18.9. The quantitative estimate of drug-likeness (QED) is 0.429. The number of carbonyl (C=O) groups is 1. The van der Waals surface area contributed by atoms with Crippen LogP contribution in [0.4, 0.5) is 0 Å². The molecule has 0 spiro atoms. The zero-order chi connectivity index (χ0) is 19.3. The van der Waals surface area contributed by atoms with E-state index in [4.69, 9.17) is 4.74 Å². The van der Waals surface area contributed by atoms with Gasteiger partial charge in [0.1, 0.15) is 18.1 Å². The van der Waals surface area contributed by atoms with Gasteiger partial charge in [0.05, 0.1) is 16.2 Å². The maximum Gasteiger partial charge on any atom is 0.171 e. The molecule has 0 unspecified atom stereocenters. The van der Waals surface area contributed by atoms with Gasteiger partial charge in [-0.15, -0.1) is 0 Å². The van der Waals surface area contributed by atoms with E-state index in [0.29, 0.717) is 18.3 Å². The molecule has 1 saturated carbocycles. The summed E-state index contributed by atoms with van der Waals surface area (Å²) in [4.78, 5) is 11.5. The molecule has 3 aromatic rings. The average Bonchev–Trinajstić information content (AvgIpc) is 3.10. The van der Waals surface area contributed by atoms with Crippen LogP contribution in [0.2, 0.25) is 0 Å². The van der Waals surface area contributed by atoms with E-state index >= 15 is 0 Å². The highest BCUT2D eigenvalue weighted by molar-refractivity contribution is 9.10. The summed E-state index contributed by atoms with van der Waals surface area (Å²) in [6, 6.07) is 18.5. The maximum atomic E-state index is 11.5. The average molecular weight is 439 g/mol. The third kappa shape index (κ3) is 4.04. The molecule has 0 radical (unpaired) electrons. The minimum absolute atomic E-state index is 0.350. The number of rotatable bonds is 6. The van der Waals surface area contributed by atoms with Crippen LogP contribution in [0, 0.1) is 0 Å². The standard InChI is InChI=1S/C23H23BrN2O2/c24-22-21(15-27)25-26(19-9-5-2-6-10-19)23(22)18-11-13-20(14-12-18)28-16-17-7-3-1-4-8-17/h1,3-4,7-8,11-15,19H,2,5-6,9-10,16H2. The molecule has 0 N–H and O–H groups in total. The van der Waals surface area contributed by atoms with Crippen molar-refractivity contribution in [3.8, 4) is 17.0 Å². The molecule has 1 aliphatic rings. The molecular formula is C23H23BrN2O2. The molecule has 2 aromatic carbocycles. The number of aldehydes is 1. The van der Waals surface area contributed by atoms with Crippen molar-refractivity contribution in [2.24, 2.45) is 0 Å². The third-order valence-corrected chi connectivity index (χ3v) is 6.07. The van der Waals surface area contributed by atoms with Crippen LogP contribution < -0.4 is 4.74 Å². The number of carbonyl (C=O) groups excluding carboxylic acids is 1.